The molecule has 0 radical (unpaired) electrons. The molecule has 2 aromatic carbocycles. The number of rotatable bonds is 5. The van der Waals surface area contributed by atoms with Crippen LogP contribution in [0.1, 0.15) is 56.4 Å². The van der Waals surface area contributed by atoms with E-state index in [1.807, 2.05) is 35.9 Å². The molecule has 35 heavy (non-hydrogen) atoms. The monoisotopic (exact) mass is 463 g/mol. The second kappa shape index (κ2) is 8.81. The number of aryl methyl sites for hydroxylation is 2. The van der Waals surface area contributed by atoms with Gasteiger partial charge in [-0.1, -0.05) is 58.0 Å². The fraction of sp³-hybridized carbons (Fsp3) is 0.300. The van der Waals surface area contributed by atoms with E-state index in [4.69, 9.17) is 10.1 Å². The molecule has 0 saturated heterocycles. The Morgan fingerprint density at radius 3 is 2.11 bits per heavy atom. The molecule has 0 N–H and O–H groups in total. The lowest BCUT2D eigenvalue weighted by atomic mass is 9.93. The van der Waals surface area contributed by atoms with E-state index in [-0.39, 0.29) is 0 Å². The van der Waals surface area contributed by atoms with Crippen LogP contribution in [0.4, 0.5) is 0 Å². The van der Waals surface area contributed by atoms with Gasteiger partial charge >= 0.3 is 0 Å². The highest BCUT2D eigenvalue weighted by molar-refractivity contribution is 5.93. The highest BCUT2D eigenvalue weighted by Gasteiger charge is 2.17. The van der Waals surface area contributed by atoms with Crippen molar-refractivity contribution >= 4 is 11.0 Å². The van der Waals surface area contributed by atoms with Gasteiger partial charge < -0.3 is 0 Å². The number of hydrogen-bond donors (Lipinski definition) is 0. The van der Waals surface area contributed by atoms with Crippen molar-refractivity contribution in [2.24, 2.45) is 14.1 Å². The topological polar surface area (TPSA) is 48.5 Å². The predicted octanol–water partition coefficient (Wildman–Crippen LogP) is 7.26. The first-order chi connectivity index (χ1) is 16.7. The lowest BCUT2D eigenvalue weighted by molar-refractivity contribution is 0.740. The minimum absolute atomic E-state index is 0.397. The van der Waals surface area contributed by atoms with Gasteiger partial charge in [0.1, 0.15) is 11.2 Å². The third-order valence-corrected chi connectivity index (χ3v) is 7.02. The van der Waals surface area contributed by atoms with Gasteiger partial charge in [-0.05, 0) is 59.2 Å². The van der Waals surface area contributed by atoms with Crippen molar-refractivity contribution < 1.29 is 0 Å². The summed E-state index contributed by atoms with van der Waals surface area (Å²) in [6.45, 7) is 11.0. The molecule has 5 heteroatoms. The average Bonchev–Trinajstić information content (AvgIpc) is 3.37. The first kappa shape index (κ1) is 23.0. The van der Waals surface area contributed by atoms with E-state index < -0.39 is 0 Å². The number of pyridine rings is 1. The fourth-order valence-electron chi connectivity index (χ4n) is 4.62. The average molecular weight is 464 g/mol. The zero-order valence-electron chi connectivity index (χ0n) is 21.7. The van der Waals surface area contributed by atoms with Gasteiger partial charge in [0.25, 0.3) is 0 Å². The van der Waals surface area contributed by atoms with Crippen LogP contribution in [0.5, 0.6) is 0 Å². The second-order valence-corrected chi connectivity index (χ2v) is 10.1. The molecule has 0 amide bonds. The van der Waals surface area contributed by atoms with Crippen LogP contribution < -0.4 is 0 Å². The summed E-state index contributed by atoms with van der Waals surface area (Å²) in [7, 11) is 3.98. The predicted molar refractivity (Wildman–Crippen MR) is 144 cm³/mol. The molecule has 0 aliphatic carbocycles. The Hall–Kier alpha value is -3.73. The summed E-state index contributed by atoms with van der Waals surface area (Å²) in [6, 6.07) is 17.7. The summed E-state index contributed by atoms with van der Waals surface area (Å²) >= 11 is 0. The summed E-state index contributed by atoms with van der Waals surface area (Å²) in [5.74, 6) is 0.884. The van der Waals surface area contributed by atoms with E-state index in [0.717, 1.165) is 44.7 Å². The summed E-state index contributed by atoms with van der Waals surface area (Å²) in [6.07, 6.45) is 3.93. The van der Waals surface area contributed by atoms with Gasteiger partial charge in [-0.3, -0.25) is 14.3 Å². The minimum Gasteiger partial charge on any atom is -0.272 e. The van der Waals surface area contributed by atoms with Crippen molar-refractivity contribution in [3.63, 3.8) is 0 Å². The summed E-state index contributed by atoms with van der Waals surface area (Å²) in [5.41, 5.74) is 12.3. The number of benzene rings is 2. The molecule has 0 saturated carbocycles. The lowest BCUT2D eigenvalue weighted by Gasteiger charge is -2.12. The number of hydrogen-bond acceptors (Lipinski definition) is 3. The molecule has 0 spiro atoms. The molecular weight excluding hydrogens is 430 g/mol. The van der Waals surface area contributed by atoms with Gasteiger partial charge in [-0.15, -0.1) is 0 Å². The van der Waals surface area contributed by atoms with E-state index >= 15 is 0 Å². The van der Waals surface area contributed by atoms with Gasteiger partial charge in [0, 0.05) is 42.7 Å². The first-order valence-electron chi connectivity index (χ1n) is 12.3. The van der Waals surface area contributed by atoms with E-state index in [9.17, 15) is 0 Å². The SMILES string of the molecule is Cc1c(-c2cc(-c3nn(C)c4cc(-c5cccc(C(C)C)c5)cnc34)cc(C(C)C)c2)cnn1C. The van der Waals surface area contributed by atoms with Crippen LogP contribution in [0.15, 0.2) is 60.9 Å². The molecule has 0 aliphatic heterocycles. The number of nitrogens with zero attached hydrogens (tertiary/aromatic N) is 5. The van der Waals surface area contributed by atoms with Gasteiger partial charge in [0.15, 0.2) is 0 Å². The molecule has 5 nitrogen and oxygen atoms in total. The molecular formula is C30H33N5. The number of fused-ring (bicyclic) bond motifs is 1. The van der Waals surface area contributed by atoms with Crippen molar-refractivity contribution in [1.82, 2.24) is 24.5 Å². The normalized spacial score (nSPS) is 11.8. The Bertz CT molecular complexity index is 1530. The highest BCUT2D eigenvalue weighted by atomic mass is 15.3. The van der Waals surface area contributed by atoms with Crippen molar-refractivity contribution in [2.75, 3.05) is 0 Å². The van der Waals surface area contributed by atoms with Crippen LogP contribution in [0.25, 0.3) is 44.5 Å². The molecule has 0 aliphatic rings. The molecule has 178 valence electrons. The van der Waals surface area contributed by atoms with E-state index in [1.54, 1.807) is 0 Å². The van der Waals surface area contributed by atoms with Crippen molar-refractivity contribution in [3.8, 4) is 33.5 Å². The second-order valence-electron chi connectivity index (χ2n) is 10.1. The van der Waals surface area contributed by atoms with Gasteiger partial charge in [-0.2, -0.15) is 10.2 Å². The summed E-state index contributed by atoms with van der Waals surface area (Å²) in [4.78, 5) is 4.93. The van der Waals surface area contributed by atoms with Crippen molar-refractivity contribution in [1.29, 1.82) is 0 Å². The van der Waals surface area contributed by atoms with Crippen LogP contribution in [0.3, 0.4) is 0 Å². The van der Waals surface area contributed by atoms with Crippen LogP contribution in [0, 0.1) is 6.92 Å². The van der Waals surface area contributed by atoms with Gasteiger partial charge in [-0.25, -0.2) is 0 Å². The summed E-state index contributed by atoms with van der Waals surface area (Å²) in [5, 5.41) is 9.40. The first-order valence-corrected chi connectivity index (χ1v) is 12.3. The van der Waals surface area contributed by atoms with Crippen LogP contribution in [0.2, 0.25) is 0 Å². The molecule has 0 fully saturated rings. The number of aromatic nitrogens is 5. The van der Waals surface area contributed by atoms with Gasteiger partial charge in [0.2, 0.25) is 0 Å². The standard InChI is InChI=1S/C30H33N5/c1-18(2)21-9-8-10-22(11-21)26-15-28-30(31-16-26)29(33-35(28)7)25-13-23(19(3)4)12-24(14-25)27-17-32-34(6)20(27)5/h8-19H,1-7H3. The molecule has 5 aromatic rings. The zero-order valence-corrected chi connectivity index (χ0v) is 21.7. The van der Waals surface area contributed by atoms with Crippen molar-refractivity contribution in [3.05, 3.63) is 77.7 Å². The molecule has 3 heterocycles. The fourth-order valence-corrected chi connectivity index (χ4v) is 4.62. The Labute approximate surface area is 207 Å². The highest BCUT2D eigenvalue weighted by Crippen LogP contribution is 2.35. The molecule has 0 bridgehead atoms. The Balaban J connectivity index is 1.65. The quantitative estimate of drug-likeness (QED) is 0.276. The maximum absolute atomic E-state index is 4.94. The van der Waals surface area contributed by atoms with E-state index in [0.29, 0.717) is 11.8 Å². The van der Waals surface area contributed by atoms with Crippen LogP contribution in [-0.4, -0.2) is 24.5 Å². The van der Waals surface area contributed by atoms with E-state index in [2.05, 4.69) is 88.2 Å². The van der Waals surface area contributed by atoms with Crippen molar-refractivity contribution in [2.45, 2.75) is 46.5 Å². The summed E-state index contributed by atoms with van der Waals surface area (Å²) < 4.78 is 3.87. The van der Waals surface area contributed by atoms with Gasteiger partial charge in [0.05, 0.1) is 11.7 Å². The largest absolute Gasteiger partial charge is 0.272 e. The molecule has 0 unspecified atom stereocenters. The smallest absolute Gasteiger partial charge is 0.119 e. The molecule has 5 rings (SSSR count). The van der Waals surface area contributed by atoms with Crippen LogP contribution in [-0.2, 0) is 14.1 Å². The zero-order chi connectivity index (χ0) is 24.9. The van der Waals surface area contributed by atoms with E-state index in [1.165, 1.54) is 16.7 Å². The Morgan fingerprint density at radius 2 is 1.43 bits per heavy atom. The maximum Gasteiger partial charge on any atom is 0.119 e. The Kier molecular flexibility index (Phi) is 5.79. The lowest BCUT2D eigenvalue weighted by Crippen LogP contribution is -1.95. The maximum atomic E-state index is 4.94. The minimum atomic E-state index is 0.397. The molecule has 3 aromatic heterocycles. The molecule has 0 atom stereocenters. The third-order valence-electron chi connectivity index (χ3n) is 7.02. The third kappa shape index (κ3) is 4.16. The Morgan fingerprint density at radius 1 is 0.714 bits per heavy atom. The van der Waals surface area contributed by atoms with Crippen LogP contribution >= 0.6 is 0 Å².